The largest absolute Gasteiger partial charge is 0.480 e. The Morgan fingerprint density at radius 2 is 1.15 bits per heavy atom. The molecule has 10 N–H and O–H groups in total. The number of carbonyl (C=O) groups excluding carboxylic acids is 5. The zero-order chi connectivity index (χ0) is 25.6. The number of hydrogen-bond donors (Lipinski definition) is 7. The summed E-state index contributed by atoms with van der Waals surface area (Å²) in [5, 5.41) is 16.4. The Bertz CT molecular complexity index is 724. The maximum atomic E-state index is 12.8. The fourth-order valence-corrected chi connectivity index (χ4v) is 3.48. The summed E-state index contributed by atoms with van der Waals surface area (Å²) < 4.78 is 0. The minimum Gasteiger partial charge on any atom is -0.480 e. The standard InChI is InChI=1S/C18H32N6O7S2/c1-32-5-3-10(16(28)23-11(18(30)31)4-6-33-2)22-17(29)12(8-14(21)26)24-15(27)9(19)7-13(20)25/h9-12H,3-8,19H2,1-2H3,(H2,20,25)(H2,21,26)(H,22,29)(H,23,28)(H,24,27)(H,30,31). The van der Waals surface area contributed by atoms with Gasteiger partial charge in [0.05, 0.1) is 18.9 Å². The van der Waals surface area contributed by atoms with E-state index in [4.69, 9.17) is 17.2 Å². The quantitative estimate of drug-likeness (QED) is 0.106. The van der Waals surface area contributed by atoms with Gasteiger partial charge in [-0.1, -0.05) is 0 Å². The van der Waals surface area contributed by atoms with Crippen LogP contribution in [0.1, 0.15) is 25.7 Å². The Labute approximate surface area is 200 Å². The number of aliphatic carboxylic acids is 1. The van der Waals surface area contributed by atoms with Crippen molar-refractivity contribution >= 4 is 59.0 Å². The lowest BCUT2D eigenvalue weighted by Crippen LogP contribution is -2.58. The average Bonchev–Trinajstić information content (AvgIpc) is 2.71. The van der Waals surface area contributed by atoms with Crippen molar-refractivity contribution in [1.82, 2.24) is 16.0 Å². The number of carboxylic acid groups (broad SMARTS) is 1. The van der Waals surface area contributed by atoms with Crippen LogP contribution in [0.25, 0.3) is 0 Å². The molecule has 0 aliphatic carbocycles. The Morgan fingerprint density at radius 3 is 1.61 bits per heavy atom. The minimum atomic E-state index is -1.47. The number of nitrogens with two attached hydrogens (primary N) is 3. The molecule has 0 aromatic rings. The Kier molecular flexibility index (Phi) is 14.9. The van der Waals surface area contributed by atoms with Gasteiger partial charge < -0.3 is 38.3 Å². The van der Waals surface area contributed by atoms with Crippen LogP contribution in [0.15, 0.2) is 0 Å². The second-order valence-electron chi connectivity index (χ2n) is 7.03. The molecule has 0 heterocycles. The molecule has 13 nitrogen and oxygen atoms in total. The topological polar surface area (TPSA) is 237 Å². The molecule has 0 spiro atoms. The maximum Gasteiger partial charge on any atom is 0.326 e. The van der Waals surface area contributed by atoms with E-state index >= 15 is 0 Å². The van der Waals surface area contributed by atoms with Gasteiger partial charge in [-0.05, 0) is 36.9 Å². The van der Waals surface area contributed by atoms with Gasteiger partial charge in [-0.3, -0.25) is 24.0 Å². The van der Waals surface area contributed by atoms with Crippen molar-refractivity contribution in [2.24, 2.45) is 17.2 Å². The first kappa shape index (κ1) is 30.5. The fraction of sp³-hybridized carbons (Fsp3) is 0.667. The summed E-state index contributed by atoms with van der Waals surface area (Å²) in [4.78, 5) is 71.4. The van der Waals surface area contributed by atoms with Crippen LogP contribution in [0.5, 0.6) is 0 Å². The lowest BCUT2D eigenvalue weighted by Gasteiger charge is -2.24. The second-order valence-corrected chi connectivity index (χ2v) is 9.00. The molecule has 0 saturated heterocycles. The molecule has 0 fully saturated rings. The van der Waals surface area contributed by atoms with Gasteiger partial charge in [0.15, 0.2) is 0 Å². The first-order valence-electron chi connectivity index (χ1n) is 9.86. The van der Waals surface area contributed by atoms with E-state index in [1.165, 1.54) is 23.5 Å². The fourth-order valence-electron chi connectivity index (χ4n) is 2.54. The molecule has 5 amide bonds. The molecule has 33 heavy (non-hydrogen) atoms. The van der Waals surface area contributed by atoms with Crippen LogP contribution in [0.2, 0.25) is 0 Å². The summed E-state index contributed by atoms with van der Waals surface area (Å²) >= 11 is 2.82. The van der Waals surface area contributed by atoms with Crippen LogP contribution < -0.4 is 33.2 Å². The van der Waals surface area contributed by atoms with Gasteiger partial charge in [0, 0.05) is 0 Å². The number of primary amides is 2. The van der Waals surface area contributed by atoms with Gasteiger partial charge in [0.2, 0.25) is 29.5 Å². The Morgan fingerprint density at radius 1 is 0.727 bits per heavy atom. The minimum absolute atomic E-state index is 0.159. The number of carbonyl (C=O) groups is 6. The highest BCUT2D eigenvalue weighted by Gasteiger charge is 2.31. The van der Waals surface area contributed by atoms with Crippen molar-refractivity contribution in [1.29, 1.82) is 0 Å². The molecule has 188 valence electrons. The third-order valence-corrected chi connectivity index (χ3v) is 5.55. The maximum absolute atomic E-state index is 12.8. The van der Waals surface area contributed by atoms with E-state index in [1.807, 2.05) is 0 Å². The summed E-state index contributed by atoms with van der Waals surface area (Å²) in [7, 11) is 0. The van der Waals surface area contributed by atoms with E-state index in [0.29, 0.717) is 11.5 Å². The monoisotopic (exact) mass is 508 g/mol. The highest BCUT2D eigenvalue weighted by Crippen LogP contribution is 2.06. The number of thioether (sulfide) groups is 2. The zero-order valence-corrected chi connectivity index (χ0v) is 20.1. The molecular weight excluding hydrogens is 476 g/mol. The van der Waals surface area contributed by atoms with Crippen LogP contribution in [-0.2, 0) is 28.8 Å². The van der Waals surface area contributed by atoms with Gasteiger partial charge in [-0.15, -0.1) is 0 Å². The van der Waals surface area contributed by atoms with Crippen molar-refractivity contribution in [3.05, 3.63) is 0 Å². The number of carboxylic acids is 1. The summed E-state index contributed by atoms with van der Waals surface area (Å²) in [5.74, 6) is -4.54. The summed E-state index contributed by atoms with van der Waals surface area (Å²) in [5.41, 5.74) is 15.7. The molecule has 0 rings (SSSR count). The van der Waals surface area contributed by atoms with E-state index in [1.54, 1.807) is 12.5 Å². The molecule has 0 aliphatic heterocycles. The number of nitrogens with one attached hydrogen (secondary N) is 3. The van der Waals surface area contributed by atoms with Crippen LogP contribution in [0.4, 0.5) is 0 Å². The second kappa shape index (κ2) is 16.1. The van der Waals surface area contributed by atoms with Crippen molar-refractivity contribution in [2.75, 3.05) is 24.0 Å². The van der Waals surface area contributed by atoms with Crippen LogP contribution in [-0.4, -0.2) is 88.8 Å². The van der Waals surface area contributed by atoms with E-state index in [-0.39, 0.29) is 12.8 Å². The summed E-state index contributed by atoms with van der Waals surface area (Å²) in [6.45, 7) is 0. The molecule has 0 bridgehead atoms. The molecular formula is C18H32N6O7S2. The van der Waals surface area contributed by atoms with E-state index in [9.17, 15) is 33.9 Å². The number of rotatable bonds is 17. The van der Waals surface area contributed by atoms with Crippen molar-refractivity contribution in [3.8, 4) is 0 Å². The smallest absolute Gasteiger partial charge is 0.326 e. The number of amides is 5. The van der Waals surface area contributed by atoms with Crippen molar-refractivity contribution < 1.29 is 33.9 Å². The molecule has 0 saturated carbocycles. The summed E-state index contributed by atoms with van der Waals surface area (Å²) in [6.07, 6.45) is 2.84. The van der Waals surface area contributed by atoms with Crippen LogP contribution in [0.3, 0.4) is 0 Å². The van der Waals surface area contributed by atoms with Crippen LogP contribution in [0, 0.1) is 0 Å². The third-order valence-electron chi connectivity index (χ3n) is 4.27. The highest BCUT2D eigenvalue weighted by atomic mass is 32.2. The van der Waals surface area contributed by atoms with Crippen molar-refractivity contribution in [3.63, 3.8) is 0 Å². The van der Waals surface area contributed by atoms with Gasteiger partial charge >= 0.3 is 5.97 Å². The van der Waals surface area contributed by atoms with Gasteiger partial charge in [0.25, 0.3) is 0 Å². The Balaban J connectivity index is 5.45. The predicted molar refractivity (Wildman–Crippen MR) is 125 cm³/mol. The molecule has 0 aliphatic rings. The average molecular weight is 509 g/mol. The van der Waals surface area contributed by atoms with Crippen LogP contribution >= 0.6 is 23.5 Å². The van der Waals surface area contributed by atoms with Gasteiger partial charge in [-0.25, -0.2) is 4.79 Å². The van der Waals surface area contributed by atoms with Gasteiger partial charge in [-0.2, -0.15) is 23.5 Å². The molecule has 0 radical (unpaired) electrons. The van der Waals surface area contributed by atoms with Gasteiger partial charge in [0.1, 0.15) is 18.1 Å². The third kappa shape index (κ3) is 12.9. The van der Waals surface area contributed by atoms with E-state index < -0.39 is 72.5 Å². The Hall–Kier alpha value is -2.52. The highest BCUT2D eigenvalue weighted by molar-refractivity contribution is 7.98. The molecule has 15 heteroatoms. The van der Waals surface area contributed by atoms with Crippen molar-refractivity contribution in [2.45, 2.75) is 49.9 Å². The summed E-state index contributed by atoms with van der Waals surface area (Å²) in [6, 6.07) is -5.10. The zero-order valence-electron chi connectivity index (χ0n) is 18.5. The molecule has 4 unspecified atom stereocenters. The molecule has 0 aromatic heterocycles. The van der Waals surface area contributed by atoms with E-state index in [0.717, 1.165) is 0 Å². The normalized spacial score (nSPS) is 14.3. The SMILES string of the molecule is CSCCC(NC(=O)C(CCSC)NC(=O)C(CC(N)=O)NC(=O)C(N)CC(N)=O)C(=O)O. The molecule has 0 aromatic carbocycles. The lowest BCUT2D eigenvalue weighted by molar-refractivity contribution is -0.142. The first-order chi connectivity index (χ1) is 15.4. The number of hydrogen-bond acceptors (Lipinski definition) is 9. The predicted octanol–water partition coefficient (Wildman–Crippen LogP) is -2.89. The first-order valence-corrected chi connectivity index (χ1v) is 12.7. The van der Waals surface area contributed by atoms with E-state index in [2.05, 4.69) is 16.0 Å². The molecule has 4 atom stereocenters. The lowest BCUT2D eigenvalue weighted by atomic mass is 10.1.